The monoisotopic (exact) mass is 273 g/mol. The van der Waals surface area contributed by atoms with Gasteiger partial charge in [0.2, 0.25) is 0 Å². The molecule has 0 bridgehead atoms. The van der Waals surface area contributed by atoms with Crippen molar-refractivity contribution in [3.63, 3.8) is 0 Å². The summed E-state index contributed by atoms with van der Waals surface area (Å²) in [7, 11) is 4.30. The lowest BCUT2D eigenvalue weighted by Crippen LogP contribution is -2.35. The van der Waals surface area contributed by atoms with Gasteiger partial charge in [0.25, 0.3) is 0 Å². The van der Waals surface area contributed by atoms with Gasteiger partial charge in [-0.15, -0.1) is 0 Å². The Morgan fingerprint density at radius 2 is 2.00 bits per heavy atom. The maximum Gasteiger partial charge on any atom is 0.119 e. The lowest BCUT2D eigenvalue weighted by atomic mass is 10.1. The van der Waals surface area contributed by atoms with E-state index >= 15 is 0 Å². The van der Waals surface area contributed by atoms with Gasteiger partial charge in [-0.05, 0) is 44.3 Å². The molecule has 2 unspecified atom stereocenters. The normalized spacial score (nSPS) is 22.9. The molecule has 1 aliphatic heterocycles. The minimum atomic E-state index is 0.643. The van der Waals surface area contributed by atoms with Gasteiger partial charge in [0.1, 0.15) is 12.4 Å². The highest BCUT2D eigenvalue weighted by Crippen LogP contribution is 2.19. The van der Waals surface area contributed by atoms with Gasteiger partial charge in [-0.25, -0.2) is 0 Å². The largest absolute Gasteiger partial charge is 0.492 e. The van der Waals surface area contributed by atoms with Crippen LogP contribution in [0.25, 0.3) is 0 Å². The Kier molecular flexibility index (Phi) is 4.99. The number of nitriles is 1. The van der Waals surface area contributed by atoms with E-state index in [1.807, 2.05) is 12.1 Å². The van der Waals surface area contributed by atoms with Crippen LogP contribution >= 0.6 is 0 Å². The third-order valence-corrected chi connectivity index (χ3v) is 3.97. The highest BCUT2D eigenvalue weighted by atomic mass is 16.5. The third kappa shape index (κ3) is 3.72. The van der Waals surface area contributed by atoms with Gasteiger partial charge in [-0.1, -0.05) is 6.92 Å². The summed E-state index contributed by atoms with van der Waals surface area (Å²) in [6.45, 7) is 6.21. The van der Waals surface area contributed by atoms with E-state index in [4.69, 9.17) is 10.00 Å². The zero-order valence-electron chi connectivity index (χ0n) is 12.5. The fourth-order valence-electron chi connectivity index (χ4n) is 2.82. The van der Waals surface area contributed by atoms with E-state index in [1.165, 1.54) is 0 Å². The second kappa shape index (κ2) is 6.74. The second-order valence-corrected chi connectivity index (χ2v) is 5.75. The molecule has 1 fully saturated rings. The van der Waals surface area contributed by atoms with Crippen molar-refractivity contribution >= 4 is 0 Å². The van der Waals surface area contributed by atoms with Crippen LogP contribution in [0.3, 0.4) is 0 Å². The molecule has 0 spiro atoms. The van der Waals surface area contributed by atoms with Crippen molar-refractivity contribution < 1.29 is 4.74 Å². The Labute approximate surface area is 121 Å². The maximum atomic E-state index is 8.74. The first-order chi connectivity index (χ1) is 9.60. The van der Waals surface area contributed by atoms with Crippen LogP contribution in [0.1, 0.15) is 12.5 Å². The highest BCUT2D eigenvalue weighted by Gasteiger charge is 2.30. The summed E-state index contributed by atoms with van der Waals surface area (Å²) in [5.74, 6) is 1.54. The van der Waals surface area contributed by atoms with E-state index in [0.717, 1.165) is 25.4 Å². The van der Waals surface area contributed by atoms with Gasteiger partial charge in [-0.3, -0.25) is 4.90 Å². The fraction of sp³-hybridized carbons (Fsp3) is 0.562. The van der Waals surface area contributed by atoms with Crippen molar-refractivity contribution in [2.24, 2.45) is 5.92 Å². The second-order valence-electron chi connectivity index (χ2n) is 5.75. The lowest BCUT2D eigenvalue weighted by Gasteiger charge is -2.22. The van der Waals surface area contributed by atoms with Crippen LogP contribution in [-0.4, -0.2) is 56.2 Å². The summed E-state index contributed by atoms with van der Waals surface area (Å²) in [6.07, 6.45) is 0. The standard InChI is InChI=1S/C16H23N3O/c1-13-11-19(12-16(13)18(2)3)8-9-20-15-6-4-14(10-17)5-7-15/h4-7,13,16H,8-9,11-12H2,1-3H3. The molecule has 1 saturated heterocycles. The van der Waals surface area contributed by atoms with Gasteiger partial charge in [-0.2, -0.15) is 5.26 Å². The maximum absolute atomic E-state index is 8.74. The molecule has 0 saturated carbocycles. The molecule has 0 N–H and O–H groups in total. The molecule has 20 heavy (non-hydrogen) atoms. The molecule has 1 aliphatic rings. The highest BCUT2D eigenvalue weighted by molar-refractivity contribution is 5.34. The first-order valence-corrected chi connectivity index (χ1v) is 7.12. The molecule has 2 atom stereocenters. The van der Waals surface area contributed by atoms with E-state index < -0.39 is 0 Å². The predicted octanol–water partition coefficient (Wildman–Crippen LogP) is 1.82. The van der Waals surface area contributed by atoms with Crippen LogP contribution in [0.15, 0.2) is 24.3 Å². The first-order valence-electron chi connectivity index (χ1n) is 7.12. The van der Waals surface area contributed by atoms with Crippen molar-refractivity contribution in [2.75, 3.05) is 40.3 Å². The fourth-order valence-corrected chi connectivity index (χ4v) is 2.82. The molecule has 2 rings (SSSR count). The predicted molar refractivity (Wildman–Crippen MR) is 79.7 cm³/mol. The summed E-state index contributed by atoms with van der Waals surface area (Å²) < 4.78 is 5.73. The lowest BCUT2D eigenvalue weighted by molar-refractivity contribution is 0.220. The van der Waals surface area contributed by atoms with Crippen LogP contribution < -0.4 is 4.74 Å². The number of benzene rings is 1. The first kappa shape index (κ1) is 14.8. The molecule has 4 heteroatoms. The van der Waals surface area contributed by atoms with Crippen LogP contribution in [0.2, 0.25) is 0 Å². The van der Waals surface area contributed by atoms with E-state index in [9.17, 15) is 0 Å². The molecule has 0 amide bonds. The Balaban J connectivity index is 1.75. The van der Waals surface area contributed by atoms with Crippen molar-refractivity contribution in [1.29, 1.82) is 5.26 Å². The molecule has 0 aromatic heterocycles. The zero-order chi connectivity index (χ0) is 14.5. The Morgan fingerprint density at radius 1 is 1.30 bits per heavy atom. The van der Waals surface area contributed by atoms with E-state index in [-0.39, 0.29) is 0 Å². The van der Waals surface area contributed by atoms with Crippen molar-refractivity contribution in [2.45, 2.75) is 13.0 Å². The number of likely N-dealkylation sites (tertiary alicyclic amines) is 1. The Hall–Kier alpha value is -1.57. The van der Waals surface area contributed by atoms with Crippen molar-refractivity contribution in [1.82, 2.24) is 9.80 Å². The zero-order valence-corrected chi connectivity index (χ0v) is 12.5. The van der Waals surface area contributed by atoms with Crippen LogP contribution in [-0.2, 0) is 0 Å². The van der Waals surface area contributed by atoms with Crippen LogP contribution in [0, 0.1) is 17.2 Å². The average Bonchev–Trinajstić information content (AvgIpc) is 2.81. The summed E-state index contributed by atoms with van der Waals surface area (Å²) in [4.78, 5) is 4.77. The van der Waals surface area contributed by atoms with Gasteiger partial charge in [0.05, 0.1) is 11.6 Å². The number of nitrogens with zero attached hydrogens (tertiary/aromatic N) is 3. The van der Waals surface area contributed by atoms with Gasteiger partial charge in [0, 0.05) is 25.7 Å². The van der Waals surface area contributed by atoms with Gasteiger partial charge in [0.15, 0.2) is 0 Å². The quantitative estimate of drug-likeness (QED) is 0.820. The molecule has 4 nitrogen and oxygen atoms in total. The molecule has 1 aromatic rings. The topological polar surface area (TPSA) is 39.5 Å². The molecule has 1 aromatic carbocycles. The smallest absolute Gasteiger partial charge is 0.119 e. The average molecular weight is 273 g/mol. The number of ether oxygens (including phenoxy) is 1. The number of hydrogen-bond donors (Lipinski definition) is 0. The number of hydrogen-bond acceptors (Lipinski definition) is 4. The molecule has 108 valence electrons. The van der Waals surface area contributed by atoms with Crippen molar-refractivity contribution in [3.05, 3.63) is 29.8 Å². The van der Waals surface area contributed by atoms with Gasteiger partial charge >= 0.3 is 0 Å². The van der Waals surface area contributed by atoms with E-state index in [1.54, 1.807) is 12.1 Å². The van der Waals surface area contributed by atoms with E-state index in [2.05, 4.69) is 36.9 Å². The number of rotatable bonds is 5. The Morgan fingerprint density at radius 3 is 2.55 bits per heavy atom. The minimum absolute atomic E-state index is 0.643. The summed E-state index contributed by atoms with van der Waals surface area (Å²) in [5.41, 5.74) is 0.666. The summed E-state index contributed by atoms with van der Waals surface area (Å²) >= 11 is 0. The molecule has 0 aliphatic carbocycles. The van der Waals surface area contributed by atoms with E-state index in [0.29, 0.717) is 24.1 Å². The van der Waals surface area contributed by atoms with Crippen LogP contribution in [0.5, 0.6) is 5.75 Å². The summed E-state index contributed by atoms with van der Waals surface area (Å²) in [6, 6.07) is 10.0. The molecule has 0 radical (unpaired) electrons. The third-order valence-electron chi connectivity index (χ3n) is 3.97. The molecular weight excluding hydrogens is 250 g/mol. The van der Waals surface area contributed by atoms with Crippen LogP contribution in [0.4, 0.5) is 0 Å². The Bertz CT molecular complexity index is 464. The molecular formula is C16H23N3O. The summed E-state index contributed by atoms with van der Waals surface area (Å²) in [5, 5.41) is 8.74. The van der Waals surface area contributed by atoms with Crippen molar-refractivity contribution in [3.8, 4) is 11.8 Å². The van der Waals surface area contributed by atoms with Gasteiger partial charge < -0.3 is 9.64 Å². The number of likely N-dealkylation sites (N-methyl/N-ethyl adjacent to an activating group) is 1. The SMILES string of the molecule is CC1CN(CCOc2ccc(C#N)cc2)CC1N(C)C. The molecule has 1 heterocycles. The minimum Gasteiger partial charge on any atom is -0.492 e.